The lowest BCUT2D eigenvalue weighted by molar-refractivity contribution is -0.136. The van der Waals surface area contributed by atoms with Crippen molar-refractivity contribution in [1.82, 2.24) is 5.32 Å². The normalized spacial score (nSPS) is 16.0. The Labute approximate surface area is 160 Å². The molecule has 7 heteroatoms. The van der Waals surface area contributed by atoms with E-state index in [1.54, 1.807) is 23.1 Å². The van der Waals surface area contributed by atoms with E-state index in [0.29, 0.717) is 30.8 Å². The van der Waals surface area contributed by atoms with Crippen molar-refractivity contribution < 1.29 is 19.5 Å². The average molecular weight is 375 g/mol. The lowest BCUT2D eigenvalue weighted by Gasteiger charge is -2.27. The fourth-order valence-corrected chi connectivity index (χ4v) is 2.85. The van der Waals surface area contributed by atoms with Gasteiger partial charge in [-0.15, -0.1) is 0 Å². The minimum atomic E-state index is -0.776. The van der Waals surface area contributed by atoms with Gasteiger partial charge in [-0.1, -0.05) is 26.8 Å². The van der Waals surface area contributed by atoms with Gasteiger partial charge in [-0.2, -0.15) is 0 Å². The largest absolute Gasteiger partial charge is 0.393 e. The van der Waals surface area contributed by atoms with E-state index in [0.717, 1.165) is 12.8 Å². The number of amides is 3. The highest BCUT2D eigenvalue weighted by atomic mass is 16.3. The molecule has 0 radical (unpaired) electrons. The van der Waals surface area contributed by atoms with E-state index in [4.69, 9.17) is 0 Å². The molecule has 148 valence electrons. The highest BCUT2D eigenvalue weighted by Crippen LogP contribution is 2.24. The van der Waals surface area contributed by atoms with Gasteiger partial charge in [-0.25, -0.2) is 0 Å². The molecule has 1 aromatic rings. The van der Waals surface area contributed by atoms with Gasteiger partial charge >= 0.3 is 11.8 Å². The molecule has 1 saturated heterocycles. The van der Waals surface area contributed by atoms with Crippen LogP contribution in [0.3, 0.4) is 0 Å². The van der Waals surface area contributed by atoms with Crippen molar-refractivity contribution in [3.05, 3.63) is 24.3 Å². The minimum absolute atomic E-state index is 0.0693. The Morgan fingerprint density at radius 3 is 2.63 bits per heavy atom. The number of nitrogens with zero attached hydrogens (tertiary/aromatic N) is 1. The zero-order chi connectivity index (χ0) is 20.0. The quantitative estimate of drug-likeness (QED) is 0.686. The van der Waals surface area contributed by atoms with Crippen LogP contribution in [0.25, 0.3) is 0 Å². The molecular formula is C20H29N3O4. The van der Waals surface area contributed by atoms with Crippen LogP contribution in [0.5, 0.6) is 0 Å². The van der Waals surface area contributed by atoms with E-state index in [-0.39, 0.29) is 17.9 Å². The molecule has 3 amide bonds. The zero-order valence-electron chi connectivity index (χ0n) is 16.2. The predicted octanol–water partition coefficient (Wildman–Crippen LogP) is 2.06. The molecule has 0 saturated carbocycles. The summed E-state index contributed by atoms with van der Waals surface area (Å²) < 4.78 is 0. The van der Waals surface area contributed by atoms with Crippen molar-refractivity contribution in [2.45, 2.75) is 52.6 Å². The van der Waals surface area contributed by atoms with Crippen LogP contribution in [0.4, 0.5) is 11.4 Å². The lowest BCUT2D eigenvalue weighted by Crippen LogP contribution is -2.38. The molecular weight excluding hydrogens is 346 g/mol. The second-order valence-electron chi connectivity index (χ2n) is 7.93. The number of piperidine rings is 1. The highest BCUT2D eigenvalue weighted by Gasteiger charge is 2.23. The van der Waals surface area contributed by atoms with Crippen LogP contribution in [0, 0.1) is 5.41 Å². The number of rotatable bonds is 5. The third-order valence-electron chi connectivity index (χ3n) is 4.65. The van der Waals surface area contributed by atoms with Crippen molar-refractivity contribution in [2.24, 2.45) is 5.41 Å². The lowest BCUT2D eigenvalue weighted by atomic mass is 9.87. The van der Waals surface area contributed by atoms with Crippen LogP contribution in [0.2, 0.25) is 0 Å². The SMILES string of the molecule is CC(C)(C)C(O)CCNC(=O)C(=O)Nc1cccc(N2CCCCC2=O)c1. The standard InChI is InChI=1S/C20H29N3O4/c1-20(2,3)16(24)10-11-21-18(26)19(27)22-14-7-6-8-15(13-14)23-12-5-4-9-17(23)25/h6-8,13,16,24H,4-5,9-12H2,1-3H3,(H,21,26)(H,22,27). The van der Waals surface area contributed by atoms with Gasteiger partial charge in [0.15, 0.2) is 0 Å². The number of carbonyl (C=O) groups is 3. The van der Waals surface area contributed by atoms with Gasteiger partial charge < -0.3 is 20.6 Å². The molecule has 0 bridgehead atoms. The van der Waals surface area contributed by atoms with Crippen molar-refractivity contribution in [3.63, 3.8) is 0 Å². The first-order valence-electron chi connectivity index (χ1n) is 9.36. The number of hydrogen-bond donors (Lipinski definition) is 3. The van der Waals surface area contributed by atoms with Crippen molar-refractivity contribution in [2.75, 3.05) is 23.3 Å². The summed E-state index contributed by atoms with van der Waals surface area (Å²) >= 11 is 0. The van der Waals surface area contributed by atoms with Crippen molar-refractivity contribution in [3.8, 4) is 0 Å². The number of benzene rings is 1. The molecule has 1 fully saturated rings. The Kier molecular flexibility index (Phi) is 6.96. The van der Waals surface area contributed by atoms with Gasteiger partial charge in [0.05, 0.1) is 6.10 Å². The molecule has 0 aromatic heterocycles. The van der Waals surface area contributed by atoms with E-state index >= 15 is 0 Å². The van der Waals surface area contributed by atoms with Gasteiger partial charge in [-0.05, 0) is 42.9 Å². The van der Waals surface area contributed by atoms with E-state index < -0.39 is 17.9 Å². The maximum Gasteiger partial charge on any atom is 0.313 e. The second kappa shape index (κ2) is 8.99. The van der Waals surface area contributed by atoms with Gasteiger partial charge in [0.2, 0.25) is 5.91 Å². The van der Waals surface area contributed by atoms with E-state index in [2.05, 4.69) is 10.6 Å². The smallest absolute Gasteiger partial charge is 0.313 e. The molecule has 1 aliphatic heterocycles. The van der Waals surface area contributed by atoms with Crippen LogP contribution < -0.4 is 15.5 Å². The van der Waals surface area contributed by atoms with Crippen molar-refractivity contribution in [1.29, 1.82) is 0 Å². The monoisotopic (exact) mass is 375 g/mol. The summed E-state index contributed by atoms with van der Waals surface area (Å²) in [5, 5.41) is 15.0. The van der Waals surface area contributed by atoms with Crippen LogP contribution in [0.15, 0.2) is 24.3 Å². The molecule has 27 heavy (non-hydrogen) atoms. The van der Waals surface area contributed by atoms with E-state index in [1.165, 1.54) is 0 Å². The summed E-state index contributed by atoms with van der Waals surface area (Å²) in [6.07, 6.45) is 2.18. The Morgan fingerprint density at radius 2 is 1.96 bits per heavy atom. The maximum atomic E-state index is 12.1. The second-order valence-corrected chi connectivity index (χ2v) is 7.93. The fourth-order valence-electron chi connectivity index (χ4n) is 2.85. The summed E-state index contributed by atoms with van der Waals surface area (Å²) in [7, 11) is 0. The molecule has 2 rings (SSSR count). The first-order valence-corrected chi connectivity index (χ1v) is 9.36. The fraction of sp³-hybridized carbons (Fsp3) is 0.550. The van der Waals surface area contributed by atoms with Crippen LogP contribution >= 0.6 is 0 Å². The first-order chi connectivity index (χ1) is 12.7. The van der Waals surface area contributed by atoms with Crippen LogP contribution in [0.1, 0.15) is 46.5 Å². The molecule has 1 aromatic carbocycles. The predicted molar refractivity (Wildman–Crippen MR) is 104 cm³/mol. The molecule has 3 N–H and O–H groups in total. The van der Waals surface area contributed by atoms with Gasteiger partial charge in [0.1, 0.15) is 0 Å². The molecule has 1 heterocycles. The number of anilines is 2. The summed E-state index contributed by atoms with van der Waals surface area (Å²) in [5.74, 6) is -1.46. The highest BCUT2D eigenvalue weighted by molar-refractivity contribution is 6.39. The topological polar surface area (TPSA) is 98.7 Å². The minimum Gasteiger partial charge on any atom is -0.393 e. The third-order valence-corrected chi connectivity index (χ3v) is 4.65. The number of aliphatic hydroxyl groups excluding tert-OH is 1. The molecule has 1 unspecified atom stereocenters. The van der Waals surface area contributed by atoms with E-state index in [1.807, 2.05) is 26.8 Å². The summed E-state index contributed by atoms with van der Waals surface area (Å²) in [6.45, 7) is 6.60. The Morgan fingerprint density at radius 1 is 1.22 bits per heavy atom. The molecule has 1 atom stereocenters. The Hall–Kier alpha value is -2.41. The van der Waals surface area contributed by atoms with Gasteiger partial charge in [-0.3, -0.25) is 14.4 Å². The first kappa shape index (κ1) is 20.9. The van der Waals surface area contributed by atoms with E-state index in [9.17, 15) is 19.5 Å². The number of nitrogens with one attached hydrogen (secondary N) is 2. The number of hydrogen-bond acceptors (Lipinski definition) is 4. The van der Waals surface area contributed by atoms with Gasteiger partial charge in [0, 0.05) is 30.9 Å². The Bertz CT molecular complexity index is 697. The zero-order valence-corrected chi connectivity index (χ0v) is 16.2. The molecule has 1 aliphatic rings. The third kappa shape index (κ3) is 6.06. The van der Waals surface area contributed by atoms with Crippen molar-refractivity contribution >= 4 is 29.1 Å². The maximum absolute atomic E-state index is 12.1. The number of aliphatic hydroxyl groups is 1. The summed E-state index contributed by atoms with van der Waals surface area (Å²) in [5.41, 5.74) is 0.895. The summed E-state index contributed by atoms with van der Waals surface area (Å²) in [4.78, 5) is 37.8. The van der Waals surface area contributed by atoms with Crippen LogP contribution in [-0.4, -0.2) is 42.0 Å². The number of carbonyl (C=O) groups excluding carboxylic acids is 3. The Balaban J connectivity index is 1.89. The average Bonchev–Trinajstić information content (AvgIpc) is 2.61. The molecule has 7 nitrogen and oxygen atoms in total. The summed E-state index contributed by atoms with van der Waals surface area (Å²) in [6, 6.07) is 6.92. The molecule has 0 spiro atoms. The van der Waals surface area contributed by atoms with Gasteiger partial charge in [0.25, 0.3) is 0 Å². The molecule has 0 aliphatic carbocycles. The van der Waals surface area contributed by atoms with Crippen LogP contribution in [-0.2, 0) is 14.4 Å².